The van der Waals surface area contributed by atoms with Crippen LogP contribution in [-0.4, -0.2) is 5.71 Å². The largest absolute Gasteiger partial charge is 0.391 e. The minimum atomic E-state index is 0.0857. The summed E-state index contributed by atoms with van der Waals surface area (Å²) < 4.78 is 0. The number of hydrogen-bond donors (Lipinski definition) is 0. The van der Waals surface area contributed by atoms with Crippen molar-refractivity contribution in [3.63, 3.8) is 0 Å². The van der Waals surface area contributed by atoms with E-state index in [4.69, 9.17) is 9.99 Å². The zero-order valence-electron chi connectivity index (χ0n) is 15.4. The fourth-order valence-corrected chi connectivity index (χ4v) is 6.18. The lowest BCUT2D eigenvalue weighted by molar-refractivity contribution is -0.0196. The van der Waals surface area contributed by atoms with Gasteiger partial charge < -0.3 is 4.84 Å². The Morgan fingerprint density at radius 2 is 1.54 bits per heavy atom. The van der Waals surface area contributed by atoms with Crippen LogP contribution in [0.5, 0.6) is 0 Å². The van der Waals surface area contributed by atoms with Gasteiger partial charge in [0.25, 0.3) is 0 Å². The van der Waals surface area contributed by atoms with Gasteiger partial charge in [-0.1, -0.05) is 56.3 Å². The molecule has 0 unspecified atom stereocenters. The van der Waals surface area contributed by atoms with Gasteiger partial charge in [0.05, 0.1) is 5.71 Å². The van der Waals surface area contributed by atoms with Crippen LogP contribution >= 0.6 is 0 Å². The van der Waals surface area contributed by atoms with Gasteiger partial charge in [0, 0.05) is 10.8 Å². The Morgan fingerprint density at radius 1 is 1.00 bits per heavy atom. The summed E-state index contributed by atoms with van der Waals surface area (Å²) in [6.45, 7) is 7.52. The van der Waals surface area contributed by atoms with Crippen molar-refractivity contribution in [1.29, 1.82) is 0 Å². The van der Waals surface area contributed by atoms with Crippen LogP contribution in [0, 0.1) is 28.6 Å². The number of rotatable bonds is 4. The smallest absolute Gasteiger partial charge is 0.142 e. The van der Waals surface area contributed by atoms with Gasteiger partial charge in [-0.2, -0.15) is 0 Å². The summed E-state index contributed by atoms with van der Waals surface area (Å²) in [6.07, 6.45) is 8.47. The molecule has 0 spiro atoms. The minimum Gasteiger partial charge on any atom is -0.391 e. The second kappa shape index (κ2) is 5.89. The predicted octanol–water partition coefficient (Wildman–Crippen LogP) is 5.82. The van der Waals surface area contributed by atoms with Gasteiger partial charge in [-0.15, -0.1) is 0 Å². The molecular formula is C22H31NO. The first-order chi connectivity index (χ1) is 11.4. The normalized spacial score (nSPS) is 35.3. The zero-order chi connectivity index (χ0) is 16.8. The molecule has 4 fully saturated rings. The van der Waals surface area contributed by atoms with E-state index in [2.05, 4.69) is 45.0 Å². The van der Waals surface area contributed by atoms with Gasteiger partial charge in [0.2, 0.25) is 0 Å². The molecule has 1 aromatic carbocycles. The standard InChI is InChI=1S/C22H31NO/c1-21(2,3)20(23-24-15-16-7-5-4-6-8-16)22-12-17-9-18(13-22)11-19(10-17)14-22/h4-8,17-19H,9-15H2,1-3H3/b23-20+. The van der Waals surface area contributed by atoms with Crippen molar-refractivity contribution in [1.82, 2.24) is 0 Å². The quantitative estimate of drug-likeness (QED) is 0.505. The Labute approximate surface area is 146 Å². The first kappa shape index (κ1) is 16.2. The van der Waals surface area contributed by atoms with Crippen molar-refractivity contribution in [3.05, 3.63) is 35.9 Å². The summed E-state index contributed by atoms with van der Waals surface area (Å²) in [6, 6.07) is 10.4. The third kappa shape index (κ3) is 3.00. The minimum absolute atomic E-state index is 0.0857. The molecule has 2 nitrogen and oxygen atoms in total. The second-order valence-corrected chi connectivity index (χ2v) is 9.65. The highest BCUT2D eigenvalue weighted by molar-refractivity contribution is 5.94. The van der Waals surface area contributed by atoms with E-state index < -0.39 is 0 Å². The molecule has 0 heterocycles. The van der Waals surface area contributed by atoms with Crippen LogP contribution in [0.15, 0.2) is 35.5 Å². The van der Waals surface area contributed by atoms with E-state index in [1.165, 1.54) is 49.8 Å². The lowest BCUT2D eigenvalue weighted by Gasteiger charge is -2.58. The molecular weight excluding hydrogens is 294 g/mol. The number of benzene rings is 1. The molecule has 4 bridgehead atoms. The Kier molecular flexibility index (Phi) is 3.97. The van der Waals surface area contributed by atoms with Crippen molar-refractivity contribution in [2.45, 2.75) is 65.9 Å². The molecule has 130 valence electrons. The van der Waals surface area contributed by atoms with Crippen molar-refractivity contribution in [2.24, 2.45) is 33.7 Å². The fourth-order valence-electron chi connectivity index (χ4n) is 6.18. The molecule has 4 saturated carbocycles. The van der Waals surface area contributed by atoms with E-state index in [1.807, 2.05) is 6.07 Å². The van der Waals surface area contributed by atoms with Crippen LogP contribution < -0.4 is 0 Å². The van der Waals surface area contributed by atoms with Crippen LogP contribution in [-0.2, 0) is 11.4 Å². The molecule has 0 atom stereocenters. The van der Waals surface area contributed by atoms with Crippen molar-refractivity contribution in [3.8, 4) is 0 Å². The van der Waals surface area contributed by atoms with Crippen LogP contribution in [0.3, 0.4) is 0 Å². The lowest BCUT2D eigenvalue weighted by Crippen LogP contribution is -2.53. The maximum atomic E-state index is 5.89. The SMILES string of the molecule is CC(C)(C)/C(=N\OCc1ccccc1)C12CC3CC(CC(C3)C1)C2. The summed E-state index contributed by atoms with van der Waals surface area (Å²) in [5.74, 6) is 2.83. The van der Waals surface area contributed by atoms with Gasteiger partial charge in [-0.3, -0.25) is 0 Å². The molecule has 24 heavy (non-hydrogen) atoms. The van der Waals surface area contributed by atoms with Crippen LogP contribution in [0.4, 0.5) is 0 Å². The summed E-state index contributed by atoms with van der Waals surface area (Å²) in [5, 5.41) is 4.80. The van der Waals surface area contributed by atoms with E-state index >= 15 is 0 Å². The predicted molar refractivity (Wildman–Crippen MR) is 98.7 cm³/mol. The molecule has 2 heteroatoms. The van der Waals surface area contributed by atoms with Crippen molar-refractivity contribution >= 4 is 5.71 Å². The zero-order valence-corrected chi connectivity index (χ0v) is 15.4. The molecule has 0 N–H and O–H groups in total. The third-order valence-electron chi connectivity index (χ3n) is 6.48. The molecule has 0 saturated heterocycles. The molecule has 0 radical (unpaired) electrons. The molecule has 5 rings (SSSR count). The van der Waals surface area contributed by atoms with Gasteiger partial charge in [-0.05, 0) is 61.8 Å². The number of oxime groups is 1. The molecule has 0 amide bonds. The molecule has 4 aliphatic rings. The first-order valence-electron chi connectivity index (χ1n) is 9.69. The monoisotopic (exact) mass is 325 g/mol. The molecule has 0 aliphatic heterocycles. The summed E-state index contributed by atoms with van der Waals surface area (Å²) in [7, 11) is 0. The third-order valence-corrected chi connectivity index (χ3v) is 6.48. The number of hydrogen-bond acceptors (Lipinski definition) is 2. The van der Waals surface area contributed by atoms with Crippen molar-refractivity contribution < 1.29 is 4.84 Å². The average Bonchev–Trinajstić information content (AvgIpc) is 2.50. The molecule has 1 aromatic rings. The maximum Gasteiger partial charge on any atom is 0.142 e. The van der Waals surface area contributed by atoms with E-state index in [0.717, 1.165) is 17.8 Å². The summed E-state index contributed by atoms with van der Waals surface area (Å²) in [5.41, 5.74) is 2.94. The Bertz CT molecular complexity index is 575. The van der Waals surface area contributed by atoms with Crippen molar-refractivity contribution in [2.75, 3.05) is 0 Å². The van der Waals surface area contributed by atoms with Gasteiger partial charge >= 0.3 is 0 Å². The highest BCUT2D eigenvalue weighted by Crippen LogP contribution is 2.62. The van der Waals surface area contributed by atoms with E-state index in [9.17, 15) is 0 Å². The van der Waals surface area contributed by atoms with Crippen LogP contribution in [0.25, 0.3) is 0 Å². The second-order valence-electron chi connectivity index (χ2n) is 9.65. The number of nitrogens with zero attached hydrogens (tertiary/aromatic N) is 1. The topological polar surface area (TPSA) is 21.6 Å². The Morgan fingerprint density at radius 3 is 2.04 bits per heavy atom. The molecule has 0 aromatic heterocycles. The first-order valence-corrected chi connectivity index (χ1v) is 9.69. The average molecular weight is 325 g/mol. The Hall–Kier alpha value is -1.31. The fraction of sp³-hybridized carbons (Fsp3) is 0.682. The van der Waals surface area contributed by atoms with Gasteiger partial charge in [-0.25, -0.2) is 0 Å². The summed E-state index contributed by atoms with van der Waals surface area (Å²) in [4.78, 5) is 5.89. The maximum absolute atomic E-state index is 5.89. The Balaban J connectivity index is 1.57. The van der Waals surface area contributed by atoms with E-state index in [1.54, 1.807) is 0 Å². The summed E-state index contributed by atoms with van der Waals surface area (Å²) >= 11 is 0. The van der Waals surface area contributed by atoms with E-state index in [0.29, 0.717) is 12.0 Å². The van der Waals surface area contributed by atoms with Gasteiger partial charge in [0.15, 0.2) is 0 Å². The van der Waals surface area contributed by atoms with Crippen LogP contribution in [0.1, 0.15) is 64.9 Å². The lowest BCUT2D eigenvalue weighted by atomic mass is 9.46. The highest BCUT2D eigenvalue weighted by Gasteiger charge is 2.55. The highest BCUT2D eigenvalue weighted by atomic mass is 16.6. The van der Waals surface area contributed by atoms with Crippen LogP contribution in [0.2, 0.25) is 0 Å². The molecule has 4 aliphatic carbocycles. The van der Waals surface area contributed by atoms with Gasteiger partial charge in [0.1, 0.15) is 6.61 Å². The van der Waals surface area contributed by atoms with E-state index in [-0.39, 0.29) is 5.41 Å².